The molecule has 0 radical (unpaired) electrons. The number of carbonyl (C=O) groups excluding carboxylic acids is 1. The minimum absolute atomic E-state index is 0.365. The van der Waals surface area contributed by atoms with Crippen LogP contribution in [-0.2, 0) is 0 Å². The third kappa shape index (κ3) is 2.05. The van der Waals surface area contributed by atoms with Crippen LogP contribution in [0.25, 0.3) is 5.69 Å². The molecule has 1 aromatic heterocycles. The maximum atomic E-state index is 11.2. The molecule has 6 heteroatoms. The van der Waals surface area contributed by atoms with Crippen LogP contribution in [0.15, 0.2) is 35.4 Å². The van der Waals surface area contributed by atoms with Crippen LogP contribution in [0.5, 0.6) is 0 Å². The Balaban J connectivity index is 2.62. The average Bonchev–Trinajstić information content (AvgIpc) is 2.30. The Hall–Kier alpha value is -2.50. The maximum Gasteiger partial charge on any atom is 0.304 e. The number of aryl methyl sites for hydroxylation is 1. The maximum absolute atomic E-state index is 11.2. The van der Waals surface area contributed by atoms with E-state index in [0.29, 0.717) is 0 Å². The molecule has 0 saturated heterocycles. The zero-order chi connectivity index (χ0) is 12.4. The van der Waals surface area contributed by atoms with E-state index in [9.17, 15) is 9.59 Å². The average molecular weight is 230 g/mol. The fourth-order valence-corrected chi connectivity index (χ4v) is 1.44. The van der Waals surface area contributed by atoms with E-state index in [1.165, 1.54) is 11.0 Å². The number of rotatable bonds is 2. The second-order valence-corrected chi connectivity index (χ2v) is 3.49. The topological polar surface area (TPSA) is 90.9 Å². The van der Waals surface area contributed by atoms with Crippen LogP contribution < -0.4 is 11.3 Å². The molecule has 2 N–H and O–H groups in total. The van der Waals surface area contributed by atoms with Crippen LogP contribution in [0.1, 0.15) is 16.1 Å². The number of benzene rings is 1. The molecule has 0 fully saturated rings. The summed E-state index contributed by atoms with van der Waals surface area (Å²) in [6.07, 6.45) is 1.26. The summed E-state index contributed by atoms with van der Waals surface area (Å²) in [4.78, 5) is 25.8. The van der Waals surface area contributed by atoms with E-state index in [2.05, 4.69) is 10.1 Å². The lowest BCUT2D eigenvalue weighted by atomic mass is 10.2. The van der Waals surface area contributed by atoms with Gasteiger partial charge in [-0.2, -0.15) is 10.1 Å². The van der Waals surface area contributed by atoms with Crippen LogP contribution in [-0.4, -0.2) is 20.7 Å². The molecule has 0 unspecified atom stereocenters. The Morgan fingerprint density at radius 1 is 1.35 bits per heavy atom. The Bertz CT molecular complexity index is 633. The number of nitrogens with zero attached hydrogens (tertiary/aromatic N) is 3. The molecule has 0 aliphatic heterocycles. The van der Waals surface area contributed by atoms with E-state index >= 15 is 0 Å². The van der Waals surface area contributed by atoms with E-state index in [1.54, 1.807) is 6.07 Å². The summed E-state index contributed by atoms with van der Waals surface area (Å²) in [6.45, 7) is 1.89. The van der Waals surface area contributed by atoms with Gasteiger partial charge in [-0.3, -0.25) is 9.59 Å². The highest BCUT2D eigenvalue weighted by Crippen LogP contribution is 2.10. The van der Waals surface area contributed by atoms with Gasteiger partial charge in [0.25, 0.3) is 5.91 Å². The number of amides is 1. The van der Waals surface area contributed by atoms with E-state index in [0.717, 1.165) is 11.3 Å². The predicted molar refractivity (Wildman–Crippen MR) is 60.9 cm³/mol. The highest BCUT2D eigenvalue weighted by molar-refractivity contribution is 5.90. The number of para-hydroxylation sites is 1. The number of hydrogen-bond donors (Lipinski definition) is 1. The van der Waals surface area contributed by atoms with Crippen molar-refractivity contribution in [3.63, 3.8) is 0 Å². The van der Waals surface area contributed by atoms with Crippen LogP contribution in [0.3, 0.4) is 0 Å². The second-order valence-electron chi connectivity index (χ2n) is 3.49. The third-order valence-electron chi connectivity index (χ3n) is 2.29. The molecule has 0 atom stereocenters. The molecule has 0 bridgehead atoms. The van der Waals surface area contributed by atoms with E-state index in [-0.39, 0.29) is 5.69 Å². The first-order chi connectivity index (χ1) is 8.09. The molecule has 0 aliphatic carbocycles. The minimum atomic E-state index is -0.884. The highest BCUT2D eigenvalue weighted by Gasteiger charge is 2.11. The summed E-state index contributed by atoms with van der Waals surface area (Å²) >= 11 is 0. The second kappa shape index (κ2) is 4.17. The van der Waals surface area contributed by atoms with Gasteiger partial charge in [0, 0.05) is 0 Å². The summed E-state index contributed by atoms with van der Waals surface area (Å²) in [7, 11) is 0. The molecule has 2 rings (SSSR count). The Morgan fingerprint density at radius 3 is 2.71 bits per heavy atom. The smallest absolute Gasteiger partial charge is 0.304 e. The van der Waals surface area contributed by atoms with Crippen molar-refractivity contribution in [1.82, 2.24) is 14.8 Å². The first kappa shape index (κ1) is 11.0. The molecule has 1 amide bonds. The number of carbonyl (C=O) groups is 1. The number of primary amides is 1. The monoisotopic (exact) mass is 230 g/mol. The highest BCUT2D eigenvalue weighted by atomic mass is 16.2. The fraction of sp³-hybridized carbons (Fsp3) is 0.0909. The van der Waals surface area contributed by atoms with Gasteiger partial charge in [-0.15, -0.1) is 0 Å². The van der Waals surface area contributed by atoms with Crippen LogP contribution >= 0.6 is 0 Å². The van der Waals surface area contributed by atoms with Crippen molar-refractivity contribution in [2.24, 2.45) is 5.73 Å². The van der Waals surface area contributed by atoms with Gasteiger partial charge in [-0.1, -0.05) is 18.2 Å². The molecule has 2 aromatic rings. The van der Waals surface area contributed by atoms with Gasteiger partial charge in [0.1, 0.15) is 6.33 Å². The number of nitrogens with two attached hydrogens (primary N) is 1. The van der Waals surface area contributed by atoms with Gasteiger partial charge in [-0.05, 0) is 18.6 Å². The molecule has 1 heterocycles. The van der Waals surface area contributed by atoms with Crippen LogP contribution in [0.4, 0.5) is 0 Å². The van der Waals surface area contributed by atoms with E-state index < -0.39 is 11.5 Å². The van der Waals surface area contributed by atoms with Crippen LogP contribution in [0, 0.1) is 6.92 Å². The van der Waals surface area contributed by atoms with Gasteiger partial charge in [0.15, 0.2) is 0 Å². The third-order valence-corrected chi connectivity index (χ3v) is 2.29. The van der Waals surface area contributed by atoms with Crippen molar-refractivity contribution in [1.29, 1.82) is 0 Å². The van der Waals surface area contributed by atoms with Gasteiger partial charge < -0.3 is 5.73 Å². The summed E-state index contributed by atoms with van der Waals surface area (Å²) < 4.78 is 1.36. The zero-order valence-electron chi connectivity index (χ0n) is 9.12. The van der Waals surface area contributed by atoms with Crippen molar-refractivity contribution >= 4 is 5.91 Å². The number of aromatic nitrogens is 3. The predicted octanol–water partition coefficient (Wildman–Crippen LogP) is 0.0348. The molecule has 17 heavy (non-hydrogen) atoms. The molecular weight excluding hydrogens is 220 g/mol. The molecular formula is C11H10N4O2. The van der Waals surface area contributed by atoms with Crippen LogP contribution in [0.2, 0.25) is 0 Å². The SMILES string of the molecule is Cc1ccccc1-n1cnc(=O)c(C(N)=O)n1. The first-order valence-electron chi connectivity index (χ1n) is 4.91. The Morgan fingerprint density at radius 2 is 2.06 bits per heavy atom. The fourth-order valence-electron chi connectivity index (χ4n) is 1.44. The first-order valence-corrected chi connectivity index (χ1v) is 4.91. The van der Waals surface area contributed by atoms with Gasteiger partial charge in [0.05, 0.1) is 5.69 Å². The van der Waals surface area contributed by atoms with Gasteiger partial charge in [-0.25, -0.2) is 4.68 Å². The van der Waals surface area contributed by atoms with E-state index in [4.69, 9.17) is 5.73 Å². The molecule has 86 valence electrons. The minimum Gasteiger partial charge on any atom is -0.364 e. The lowest BCUT2D eigenvalue weighted by Crippen LogP contribution is -2.28. The van der Waals surface area contributed by atoms with E-state index in [1.807, 2.05) is 25.1 Å². The number of hydrogen-bond acceptors (Lipinski definition) is 4. The normalized spacial score (nSPS) is 10.2. The van der Waals surface area contributed by atoms with Gasteiger partial charge >= 0.3 is 5.56 Å². The molecule has 1 aromatic carbocycles. The van der Waals surface area contributed by atoms with Crippen molar-refractivity contribution in [3.05, 3.63) is 52.2 Å². The molecule has 6 nitrogen and oxygen atoms in total. The van der Waals surface area contributed by atoms with Crippen molar-refractivity contribution in [2.45, 2.75) is 6.92 Å². The lowest BCUT2D eigenvalue weighted by Gasteiger charge is -2.07. The molecule has 0 saturated carbocycles. The van der Waals surface area contributed by atoms with Crippen molar-refractivity contribution < 1.29 is 4.79 Å². The van der Waals surface area contributed by atoms with Crippen molar-refractivity contribution in [2.75, 3.05) is 0 Å². The molecule has 0 spiro atoms. The summed E-state index contributed by atoms with van der Waals surface area (Å²) in [5.41, 5.74) is 5.64. The largest absolute Gasteiger partial charge is 0.364 e. The summed E-state index contributed by atoms with van der Waals surface area (Å²) in [5, 5.41) is 3.87. The standard InChI is InChI=1S/C11H10N4O2/c1-7-4-2-3-5-8(7)15-6-13-11(17)9(14-15)10(12)16/h2-6H,1H3,(H2,12,16). The Labute approximate surface area is 96.7 Å². The van der Waals surface area contributed by atoms with Crippen molar-refractivity contribution in [3.8, 4) is 5.69 Å². The summed E-state index contributed by atoms with van der Waals surface area (Å²) in [5.74, 6) is -0.884. The molecule has 0 aliphatic rings. The lowest BCUT2D eigenvalue weighted by molar-refractivity contribution is 0.0992. The summed E-state index contributed by atoms with van der Waals surface area (Å²) in [6, 6.07) is 7.40. The quantitative estimate of drug-likeness (QED) is 0.788. The Kier molecular flexibility index (Phi) is 2.70. The zero-order valence-corrected chi connectivity index (χ0v) is 9.12. The van der Waals surface area contributed by atoms with Gasteiger partial charge in [0.2, 0.25) is 5.69 Å².